The topological polar surface area (TPSA) is 51.1 Å². The Bertz CT molecular complexity index is 763. The maximum absolute atomic E-state index is 5.98. The predicted octanol–water partition coefficient (Wildman–Crippen LogP) is 11.6. The van der Waals surface area contributed by atoms with Crippen molar-refractivity contribution in [1.29, 1.82) is 0 Å². The van der Waals surface area contributed by atoms with Gasteiger partial charge < -0.3 is 9.64 Å². The maximum atomic E-state index is 5.98. The molecule has 0 N–H and O–H groups in total. The summed E-state index contributed by atoms with van der Waals surface area (Å²) in [6, 6.07) is 0.505. The zero-order valence-electron chi connectivity index (χ0n) is 28.8. The molecule has 0 saturated carbocycles. The monoisotopic (exact) mass is 636 g/mol. The van der Waals surface area contributed by atoms with Crippen LogP contribution in [0.15, 0.2) is 22.5 Å². The van der Waals surface area contributed by atoms with Crippen molar-refractivity contribution in [2.45, 2.75) is 172 Å². The van der Waals surface area contributed by atoms with E-state index < -0.39 is 0 Å². The number of unbranched alkanes of at least 4 members (excludes halogenated alkanes) is 19. The van der Waals surface area contributed by atoms with E-state index in [-0.39, 0.29) is 0 Å². The summed E-state index contributed by atoms with van der Waals surface area (Å²) in [7, 11) is 4.23. The van der Waals surface area contributed by atoms with Gasteiger partial charge in [-0.05, 0) is 72.0 Å². The van der Waals surface area contributed by atoms with Crippen LogP contribution in [0.4, 0.5) is 0 Å². The van der Waals surface area contributed by atoms with E-state index in [1.54, 1.807) is 23.5 Å². The van der Waals surface area contributed by atoms with E-state index in [0.717, 1.165) is 41.2 Å². The highest BCUT2D eigenvalue weighted by molar-refractivity contribution is 7.99. The number of hydrogen-bond donors (Lipinski definition) is 0. The average Bonchev–Trinajstić information content (AvgIpc) is 2.99. The zero-order valence-corrected chi connectivity index (χ0v) is 30.4. The Balaban J connectivity index is 2.25. The molecule has 0 radical (unpaired) electrons. The molecule has 0 aliphatic heterocycles. The van der Waals surface area contributed by atoms with Crippen molar-refractivity contribution in [3.05, 3.63) is 12.2 Å². The molecule has 0 aliphatic rings. The summed E-state index contributed by atoms with van der Waals surface area (Å²) in [5, 5.41) is 1.65. The minimum Gasteiger partial charge on any atom is -0.463 e. The van der Waals surface area contributed by atoms with E-state index in [4.69, 9.17) is 9.72 Å². The molecular formula is C36H68N4OS2. The lowest BCUT2D eigenvalue weighted by Gasteiger charge is -2.10. The first-order valence-electron chi connectivity index (χ1n) is 18.1. The van der Waals surface area contributed by atoms with Crippen molar-refractivity contribution in [3.63, 3.8) is 0 Å². The number of aromatic nitrogens is 3. The van der Waals surface area contributed by atoms with Gasteiger partial charge >= 0.3 is 6.01 Å². The van der Waals surface area contributed by atoms with Gasteiger partial charge in [-0.3, -0.25) is 0 Å². The van der Waals surface area contributed by atoms with Crippen molar-refractivity contribution < 1.29 is 4.74 Å². The van der Waals surface area contributed by atoms with Crippen LogP contribution in [-0.4, -0.2) is 58.6 Å². The largest absolute Gasteiger partial charge is 0.463 e. The highest BCUT2D eigenvalue weighted by Crippen LogP contribution is 2.24. The molecule has 0 atom stereocenters. The molecule has 43 heavy (non-hydrogen) atoms. The molecular weight excluding hydrogens is 569 g/mol. The molecule has 0 amide bonds. The van der Waals surface area contributed by atoms with Gasteiger partial charge in [-0.2, -0.15) is 15.0 Å². The first-order chi connectivity index (χ1) is 21.2. The Morgan fingerprint density at radius 1 is 0.535 bits per heavy atom. The average molecular weight is 637 g/mol. The van der Waals surface area contributed by atoms with Crippen LogP contribution in [0.1, 0.15) is 162 Å². The number of thioether (sulfide) groups is 2. The van der Waals surface area contributed by atoms with Gasteiger partial charge in [-0.1, -0.05) is 146 Å². The molecule has 0 fully saturated rings. The third-order valence-electron chi connectivity index (χ3n) is 7.67. The maximum Gasteiger partial charge on any atom is 0.321 e. The molecule has 0 spiro atoms. The first-order valence-corrected chi connectivity index (χ1v) is 20.1. The summed E-state index contributed by atoms with van der Waals surface area (Å²) in [5.74, 6) is 2.13. The number of hydrogen-bond acceptors (Lipinski definition) is 7. The SMILES string of the molecule is CCCCCCCC/C=C\CCCCCCCCSc1nc(OCCCCN(C)C)nc(SCCCCCCCCC)n1. The minimum atomic E-state index is 0.505. The van der Waals surface area contributed by atoms with Gasteiger partial charge in [0.05, 0.1) is 6.61 Å². The van der Waals surface area contributed by atoms with Crippen LogP contribution in [0.3, 0.4) is 0 Å². The Labute approximate surface area is 276 Å². The molecule has 1 aromatic heterocycles. The molecule has 0 unspecified atom stereocenters. The van der Waals surface area contributed by atoms with Crippen LogP contribution >= 0.6 is 23.5 Å². The highest BCUT2D eigenvalue weighted by atomic mass is 32.2. The van der Waals surface area contributed by atoms with E-state index in [0.29, 0.717) is 12.6 Å². The van der Waals surface area contributed by atoms with Crippen LogP contribution < -0.4 is 4.74 Å². The third-order valence-corrected chi connectivity index (χ3v) is 9.54. The molecule has 1 heterocycles. The fourth-order valence-electron chi connectivity index (χ4n) is 4.94. The van der Waals surface area contributed by atoms with Crippen molar-refractivity contribution in [1.82, 2.24) is 19.9 Å². The van der Waals surface area contributed by atoms with Crippen LogP contribution in [-0.2, 0) is 0 Å². The molecule has 1 aromatic rings. The number of nitrogens with zero attached hydrogens (tertiary/aromatic N) is 4. The fourth-order valence-corrected chi connectivity index (χ4v) is 6.65. The van der Waals surface area contributed by atoms with Crippen molar-refractivity contribution in [2.24, 2.45) is 0 Å². The van der Waals surface area contributed by atoms with Gasteiger partial charge in [-0.25, -0.2) is 0 Å². The molecule has 7 heteroatoms. The van der Waals surface area contributed by atoms with Gasteiger partial charge in [-0.15, -0.1) is 0 Å². The Hall–Kier alpha value is -0.790. The lowest BCUT2D eigenvalue weighted by Crippen LogP contribution is -2.14. The van der Waals surface area contributed by atoms with Crippen molar-refractivity contribution in [2.75, 3.05) is 38.8 Å². The summed E-state index contributed by atoms with van der Waals surface area (Å²) >= 11 is 3.53. The van der Waals surface area contributed by atoms with E-state index in [9.17, 15) is 0 Å². The van der Waals surface area contributed by atoms with Crippen LogP contribution in [0.25, 0.3) is 0 Å². The zero-order chi connectivity index (χ0) is 31.1. The van der Waals surface area contributed by atoms with E-state index in [1.807, 2.05) is 0 Å². The van der Waals surface area contributed by atoms with Gasteiger partial charge in [0.2, 0.25) is 0 Å². The highest BCUT2D eigenvalue weighted by Gasteiger charge is 2.09. The summed E-state index contributed by atoms with van der Waals surface area (Å²) in [6.45, 7) is 6.31. The van der Waals surface area contributed by atoms with Crippen LogP contribution in [0, 0.1) is 0 Å². The lowest BCUT2D eigenvalue weighted by atomic mass is 10.1. The smallest absolute Gasteiger partial charge is 0.321 e. The predicted molar refractivity (Wildman–Crippen MR) is 192 cm³/mol. The number of allylic oxidation sites excluding steroid dienone is 2. The number of rotatable bonds is 32. The van der Waals surface area contributed by atoms with Gasteiger partial charge in [0.25, 0.3) is 0 Å². The summed E-state index contributed by atoms with van der Waals surface area (Å²) in [4.78, 5) is 16.3. The third kappa shape index (κ3) is 27.3. The summed E-state index contributed by atoms with van der Waals surface area (Å²) in [5.41, 5.74) is 0. The fraction of sp³-hybridized carbons (Fsp3) is 0.861. The second-order valence-electron chi connectivity index (χ2n) is 12.3. The molecule has 0 bridgehead atoms. The van der Waals surface area contributed by atoms with E-state index >= 15 is 0 Å². The minimum absolute atomic E-state index is 0.505. The Morgan fingerprint density at radius 2 is 0.977 bits per heavy atom. The molecule has 5 nitrogen and oxygen atoms in total. The van der Waals surface area contributed by atoms with Crippen molar-refractivity contribution in [3.8, 4) is 6.01 Å². The van der Waals surface area contributed by atoms with Gasteiger partial charge in [0, 0.05) is 11.5 Å². The second kappa shape index (κ2) is 31.2. The van der Waals surface area contributed by atoms with E-state index in [1.165, 1.54) is 135 Å². The van der Waals surface area contributed by atoms with Crippen LogP contribution in [0.2, 0.25) is 0 Å². The van der Waals surface area contributed by atoms with Gasteiger partial charge in [0.15, 0.2) is 10.3 Å². The normalized spacial score (nSPS) is 11.7. The van der Waals surface area contributed by atoms with Crippen molar-refractivity contribution >= 4 is 23.5 Å². The molecule has 0 aromatic carbocycles. The molecule has 1 rings (SSSR count). The standard InChI is InChI=1S/C36H68N4OS2/c1-5-7-9-11-13-14-15-16-17-18-19-20-21-23-25-29-33-43-36-38-34(41-31-27-26-30-40(3)4)37-35(39-36)42-32-28-24-22-12-10-8-6-2/h16-17H,5-15,18-33H2,1-4H3/b17-16-. The number of ether oxygens (including phenoxy) is 1. The van der Waals surface area contributed by atoms with E-state index in [2.05, 4.69) is 55.0 Å². The lowest BCUT2D eigenvalue weighted by molar-refractivity contribution is 0.267. The summed E-state index contributed by atoms with van der Waals surface area (Å²) < 4.78 is 5.98. The quantitative estimate of drug-likeness (QED) is 0.0443. The molecule has 250 valence electrons. The van der Waals surface area contributed by atoms with Gasteiger partial charge in [0.1, 0.15) is 0 Å². The Morgan fingerprint density at radius 3 is 1.44 bits per heavy atom. The summed E-state index contributed by atoms with van der Waals surface area (Å²) in [6.07, 6.45) is 35.0. The Kier molecular flexibility index (Phi) is 29.2. The first kappa shape index (κ1) is 40.2. The van der Waals surface area contributed by atoms with Crippen LogP contribution in [0.5, 0.6) is 6.01 Å². The molecule has 0 saturated heterocycles. The second-order valence-corrected chi connectivity index (χ2v) is 14.4. The molecule has 0 aliphatic carbocycles.